The van der Waals surface area contributed by atoms with Crippen molar-refractivity contribution in [3.63, 3.8) is 0 Å². The van der Waals surface area contributed by atoms with E-state index in [2.05, 4.69) is 19.2 Å². The Morgan fingerprint density at radius 2 is 1.93 bits per heavy atom. The molecule has 1 rings (SSSR count). The van der Waals surface area contributed by atoms with Crippen molar-refractivity contribution in [2.24, 2.45) is 0 Å². The lowest BCUT2D eigenvalue weighted by Gasteiger charge is -2.03. The Morgan fingerprint density at radius 3 is 2.21 bits per heavy atom. The predicted molar refractivity (Wildman–Crippen MR) is 51.6 cm³/mol. The first-order chi connectivity index (χ1) is 6.29. The van der Waals surface area contributed by atoms with Gasteiger partial charge in [-0.25, -0.2) is 0 Å². The summed E-state index contributed by atoms with van der Waals surface area (Å²) in [5.74, 6) is 0.838. The number of hydrogen-bond acceptors (Lipinski definition) is 4. The molecule has 0 aliphatic carbocycles. The zero-order valence-corrected chi connectivity index (χ0v) is 8.65. The van der Waals surface area contributed by atoms with E-state index in [1.54, 1.807) is 6.26 Å². The van der Waals surface area contributed by atoms with Crippen LogP contribution in [0.3, 0.4) is 0 Å². The van der Waals surface area contributed by atoms with Crippen molar-refractivity contribution in [1.29, 1.82) is 0 Å². The molecule has 0 saturated heterocycles. The number of rotatable bonds is 2. The summed E-state index contributed by atoms with van der Waals surface area (Å²) < 4.78 is 36.6. The highest BCUT2D eigenvalue weighted by molar-refractivity contribution is 7.79. The van der Waals surface area contributed by atoms with Crippen LogP contribution in [0.4, 0.5) is 5.88 Å². The molecule has 0 radical (unpaired) electrons. The summed E-state index contributed by atoms with van der Waals surface area (Å²) >= 11 is 0. The fourth-order valence-electron chi connectivity index (χ4n) is 0.645. The third-order valence-corrected chi connectivity index (χ3v) is 0.952. The molecule has 0 amide bonds. The first-order valence-corrected chi connectivity index (χ1v) is 5.18. The van der Waals surface area contributed by atoms with Crippen molar-refractivity contribution in [2.75, 3.05) is 5.32 Å². The van der Waals surface area contributed by atoms with Crippen LogP contribution in [0, 0.1) is 0 Å². The van der Waals surface area contributed by atoms with Gasteiger partial charge in [0.2, 0.25) is 0 Å². The van der Waals surface area contributed by atoms with E-state index in [0.717, 1.165) is 5.88 Å². The van der Waals surface area contributed by atoms with Gasteiger partial charge in [-0.15, -0.1) is 0 Å². The largest absolute Gasteiger partial charge is 0.449 e. The van der Waals surface area contributed by atoms with E-state index in [0.29, 0.717) is 6.04 Å². The first-order valence-electron chi connectivity index (χ1n) is 3.79. The van der Waals surface area contributed by atoms with Gasteiger partial charge in [-0.3, -0.25) is 9.11 Å². The molecule has 1 aromatic rings. The summed E-state index contributed by atoms with van der Waals surface area (Å²) in [6.45, 7) is 4.14. The van der Waals surface area contributed by atoms with Gasteiger partial charge in [0.1, 0.15) is 0 Å². The summed E-state index contributed by atoms with van der Waals surface area (Å²) in [4.78, 5) is 0. The highest BCUT2D eigenvalue weighted by Gasteiger charge is 1.94. The van der Waals surface area contributed by atoms with Crippen molar-refractivity contribution < 1.29 is 21.9 Å². The van der Waals surface area contributed by atoms with Gasteiger partial charge in [-0.05, 0) is 19.9 Å². The second-order valence-corrected chi connectivity index (χ2v) is 3.62. The maximum Gasteiger partial charge on any atom is 0.394 e. The van der Waals surface area contributed by atoms with Crippen LogP contribution >= 0.6 is 0 Å². The van der Waals surface area contributed by atoms with Crippen molar-refractivity contribution in [3.8, 4) is 0 Å². The highest BCUT2D eigenvalue weighted by atomic mass is 32.3. The molecule has 0 saturated carbocycles. The lowest BCUT2D eigenvalue weighted by molar-refractivity contribution is 0.381. The molecule has 0 aromatic carbocycles. The van der Waals surface area contributed by atoms with Crippen LogP contribution in [0.1, 0.15) is 13.8 Å². The molecule has 0 atom stereocenters. The Balaban J connectivity index is 0.000000292. The molecule has 0 aliphatic heterocycles. The van der Waals surface area contributed by atoms with Gasteiger partial charge in [-0.1, -0.05) is 0 Å². The molecule has 0 bridgehead atoms. The van der Waals surface area contributed by atoms with Crippen molar-refractivity contribution in [2.45, 2.75) is 19.9 Å². The molecule has 82 valence electrons. The van der Waals surface area contributed by atoms with E-state index in [9.17, 15) is 0 Å². The second-order valence-electron chi connectivity index (χ2n) is 2.72. The SMILES string of the molecule is CC(C)Nc1ccco1.O=S(=O)(O)O. The van der Waals surface area contributed by atoms with Crippen molar-refractivity contribution in [1.82, 2.24) is 0 Å². The molecule has 0 spiro atoms. The minimum Gasteiger partial charge on any atom is -0.449 e. The van der Waals surface area contributed by atoms with E-state index in [4.69, 9.17) is 21.9 Å². The molecular formula is C7H13NO5S. The lowest BCUT2D eigenvalue weighted by atomic mass is 10.4. The molecule has 3 N–H and O–H groups in total. The monoisotopic (exact) mass is 223 g/mol. The van der Waals surface area contributed by atoms with Gasteiger partial charge in [0, 0.05) is 12.1 Å². The van der Waals surface area contributed by atoms with E-state index in [1.807, 2.05) is 12.1 Å². The Bertz CT molecular complexity index is 321. The van der Waals surface area contributed by atoms with Gasteiger partial charge in [-0.2, -0.15) is 8.42 Å². The molecule has 1 heterocycles. The highest BCUT2D eigenvalue weighted by Crippen LogP contribution is 2.07. The molecule has 1 aromatic heterocycles. The van der Waals surface area contributed by atoms with E-state index in [1.165, 1.54) is 0 Å². The fraction of sp³-hybridized carbons (Fsp3) is 0.429. The summed E-state index contributed by atoms with van der Waals surface area (Å²) in [6.07, 6.45) is 1.66. The third kappa shape index (κ3) is 11.0. The molecule has 0 aliphatic rings. The number of nitrogens with one attached hydrogen (secondary N) is 1. The summed E-state index contributed by atoms with van der Waals surface area (Å²) in [7, 11) is -4.67. The molecule has 0 unspecified atom stereocenters. The third-order valence-electron chi connectivity index (χ3n) is 0.952. The maximum atomic E-state index is 8.74. The maximum absolute atomic E-state index is 8.74. The average molecular weight is 223 g/mol. The van der Waals surface area contributed by atoms with Crippen LogP contribution in [-0.2, 0) is 10.4 Å². The van der Waals surface area contributed by atoms with Crippen molar-refractivity contribution >= 4 is 16.3 Å². The zero-order chi connectivity index (χ0) is 11.2. The number of anilines is 1. The normalized spacial score (nSPS) is 10.6. The van der Waals surface area contributed by atoms with E-state index in [-0.39, 0.29) is 0 Å². The van der Waals surface area contributed by atoms with Gasteiger partial charge < -0.3 is 9.73 Å². The molecule has 14 heavy (non-hydrogen) atoms. The number of furan rings is 1. The minimum atomic E-state index is -4.67. The van der Waals surface area contributed by atoms with Gasteiger partial charge in [0.15, 0.2) is 5.88 Å². The standard InChI is InChI=1S/C7H11NO.H2O4S/c1-6(2)8-7-4-3-5-9-7;1-5(2,3)4/h3-6,8H,1-2H3;(H2,1,2,3,4). The molecule has 7 heteroatoms. The van der Waals surface area contributed by atoms with Crippen LogP contribution in [0.2, 0.25) is 0 Å². The second kappa shape index (κ2) is 5.63. The van der Waals surface area contributed by atoms with E-state index < -0.39 is 10.4 Å². The van der Waals surface area contributed by atoms with Crippen LogP contribution in [0.25, 0.3) is 0 Å². The van der Waals surface area contributed by atoms with Crippen LogP contribution in [-0.4, -0.2) is 23.6 Å². The summed E-state index contributed by atoms with van der Waals surface area (Å²) in [5.41, 5.74) is 0. The average Bonchev–Trinajstić information content (AvgIpc) is 2.33. The Hall–Kier alpha value is -1.05. The van der Waals surface area contributed by atoms with Gasteiger partial charge in [0.05, 0.1) is 6.26 Å². The first kappa shape index (κ1) is 12.9. The molecule has 6 nitrogen and oxygen atoms in total. The summed E-state index contributed by atoms with van der Waals surface area (Å²) in [5, 5.41) is 3.12. The van der Waals surface area contributed by atoms with Crippen molar-refractivity contribution in [3.05, 3.63) is 18.4 Å². The Labute approximate surface area is 82.5 Å². The quantitative estimate of drug-likeness (QED) is 0.656. The summed E-state index contributed by atoms with van der Waals surface area (Å²) in [6, 6.07) is 4.21. The number of hydrogen-bond donors (Lipinski definition) is 3. The fourth-order valence-corrected chi connectivity index (χ4v) is 0.645. The Morgan fingerprint density at radius 1 is 1.43 bits per heavy atom. The van der Waals surface area contributed by atoms with Gasteiger partial charge >= 0.3 is 10.4 Å². The van der Waals surface area contributed by atoms with Crippen LogP contribution < -0.4 is 5.32 Å². The molecular weight excluding hydrogens is 210 g/mol. The topological polar surface area (TPSA) is 99.8 Å². The van der Waals surface area contributed by atoms with Crippen LogP contribution in [0.15, 0.2) is 22.8 Å². The Kier molecular flexibility index (Phi) is 5.21. The minimum absolute atomic E-state index is 0.441. The zero-order valence-electron chi connectivity index (χ0n) is 7.84. The smallest absolute Gasteiger partial charge is 0.394 e. The molecule has 0 fully saturated rings. The lowest BCUT2D eigenvalue weighted by Crippen LogP contribution is -2.08. The van der Waals surface area contributed by atoms with Gasteiger partial charge in [0.25, 0.3) is 0 Å². The predicted octanol–water partition coefficient (Wildman–Crippen LogP) is 1.45. The van der Waals surface area contributed by atoms with Crippen LogP contribution in [0.5, 0.6) is 0 Å². The van der Waals surface area contributed by atoms with E-state index >= 15 is 0 Å².